The molecule has 172 valence electrons. The Morgan fingerprint density at radius 3 is 2.76 bits per heavy atom. The van der Waals surface area contributed by atoms with Gasteiger partial charge in [0.1, 0.15) is 17.5 Å². The number of aromatic nitrogens is 4. The number of hydrogen-bond acceptors (Lipinski definition) is 7. The summed E-state index contributed by atoms with van der Waals surface area (Å²) < 4.78 is 13.1. The molecule has 0 bridgehead atoms. The molecule has 1 aromatic carbocycles. The number of ether oxygens (including phenoxy) is 2. The van der Waals surface area contributed by atoms with Gasteiger partial charge < -0.3 is 15.2 Å². The van der Waals surface area contributed by atoms with Gasteiger partial charge in [0, 0.05) is 49.9 Å². The molecule has 1 aliphatic heterocycles. The van der Waals surface area contributed by atoms with E-state index in [4.69, 9.17) is 20.2 Å². The van der Waals surface area contributed by atoms with Crippen molar-refractivity contribution in [3.05, 3.63) is 54.2 Å². The maximum Gasteiger partial charge on any atom is 0.187 e. The molecule has 3 atom stereocenters. The highest BCUT2D eigenvalue weighted by Crippen LogP contribution is 2.27. The van der Waals surface area contributed by atoms with Crippen molar-refractivity contribution >= 4 is 16.6 Å². The van der Waals surface area contributed by atoms with E-state index in [1.807, 2.05) is 41.7 Å². The highest BCUT2D eigenvalue weighted by atomic mass is 16.5. The van der Waals surface area contributed by atoms with Crippen molar-refractivity contribution in [2.75, 3.05) is 26.8 Å². The predicted octanol–water partition coefficient (Wildman–Crippen LogP) is 3.45. The normalized spacial score (nSPS) is 18.7. The largest absolute Gasteiger partial charge is 0.488 e. The molecule has 0 unspecified atom stereocenters. The zero-order chi connectivity index (χ0) is 22.9. The molecule has 0 saturated carbocycles. The fourth-order valence-electron chi connectivity index (χ4n) is 4.50. The molecule has 1 saturated heterocycles. The number of nitrogens with two attached hydrogens (primary N) is 1. The van der Waals surface area contributed by atoms with Crippen molar-refractivity contribution in [1.29, 1.82) is 0 Å². The fraction of sp³-hybridized carbons (Fsp3) is 0.400. The van der Waals surface area contributed by atoms with Crippen LogP contribution in [0.1, 0.15) is 31.9 Å². The number of hydrogen-bond donors (Lipinski definition) is 1. The first-order valence-electron chi connectivity index (χ1n) is 11.4. The van der Waals surface area contributed by atoms with E-state index in [1.165, 1.54) is 5.56 Å². The molecule has 3 aromatic heterocycles. The Labute approximate surface area is 193 Å². The average molecular weight is 447 g/mol. The minimum absolute atomic E-state index is 0.0401. The summed E-state index contributed by atoms with van der Waals surface area (Å²) in [7, 11) is 1.67. The second-order valence-corrected chi connectivity index (χ2v) is 8.87. The van der Waals surface area contributed by atoms with Gasteiger partial charge in [0.15, 0.2) is 11.5 Å². The van der Waals surface area contributed by atoms with Crippen molar-refractivity contribution in [3.8, 4) is 17.3 Å². The molecule has 1 aliphatic rings. The molecule has 4 heterocycles. The van der Waals surface area contributed by atoms with Gasteiger partial charge in [0.25, 0.3) is 0 Å². The van der Waals surface area contributed by atoms with Gasteiger partial charge in [-0.2, -0.15) is 0 Å². The number of methoxy groups -OCH3 is 1. The summed E-state index contributed by atoms with van der Waals surface area (Å²) in [6, 6.07) is 14.7. The lowest BCUT2D eigenvalue weighted by atomic mass is 10.1. The molecule has 8 nitrogen and oxygen atoms in total. The Bertz CT molecular complexity index is 1270. The fourth-order valence-corrected chi connectivity index (χ4v) is 4.50. The minimum Gasteiger partial charge on any atom is -0.488 e. The van der Waals surface area contributed by atoms with Crippen LogP contribution in [0.15, 0.2) is 48.7 Å². The van der Waals surface area contributed by atoms with E-state index in [1.54, 1.807) is 7.11 Å². The van der Waals surface area contributed by atoms with E-state index in [0.29, 0.717) is 6.61 Å². The number of benzene rings is 1. The van der Waals surface area contributed by atoms with Crippen LogP contribution in [0, 0.1) is 0 Å². The van der Waals surface area contributed by atoms with E-state index in [9.17, 15) is 0 Å². The Morgan fingerprint density at radius 1 is 1.12 bits per heavy atom. The number of pyridine rings is 2. The quantitative estimate of drug-likeness (QED) is 0.465. The maximum absolute atomic E-state index is 6.12. The maximum atomic E-state index is 6.12. The van der Waals surface area contributed by atoms with Crippen LogP contribution in [-0.2, 0) is 4.74 Å². The van der Waals surface area contributed by atoms with Gasteiger partial charge in [-0.15, -0.1) is 10.2 Å². The summed E-state index contributed by atoms with van der Waals surface area (Å²) in [5.41, 5.74) is 9.75. The molecule has 4 aromatic rings. The Morgan fingerprint density at radius 2 is 1.97 bits per heavy atom. The van der Waals surface area contributed by atoms with Gasteiger partial charge in [0.05, 0.1) is 12.1 Å². The third-order valence-corrected chi connectivity index (χ3v) is 6.34. The summed E-state index contributed by atoms with van der Waals surface area (Å²) >= 11 is 0. The minimum atomic E-state index is -0.0401. The van der Waals surface area contributed by atoms with E-state index in [-0.39, 0.29) is 18.2 Å². The smallest absolute Gasteiger partial charge is 0.187 e. The summed E-state index contributed by atoms with van der Waals surface area (Å²) in [5.74, 6) is 1.49. The highest BCUT2D eigenvalue weighted by molar-refractivity contribution is 5.82. The monoisotopic (exact) mass is 446 g/mol. The topological polar surface area (TPSA) is 90.8 Å². The average Bonchev–Trinajstić information content (AvgIpc) is 3.44. The highest BCUT2D eigenvalue weighted by Gasteiger charge is 2.25. The van der Waals surface area contributed by atoms with E-state index < -0.39 is 0 Å². The first-order valence-corrected chi connectivity index (χ1v) is 11.4. The lowest BCUT2D eigenvalue weighted by Crippen LogP contribution is -2.28. The summed E-state index contributed by atoms with van der Waals surface area (Å²) in [4.78, 5) is 7.31. The first-order chi connectivity index (χ1) is 16.0. The molecular formula is C25H30N6O2. The molecular weight excluding hydrogens is 416 g/mol. The Kier molecular flexibility index (Phi) is 5.97. The first kappa shape index (κ1) is 21.8. The molecule has 8 heteroatoms. The van der Waals surface area contributed by atoms with Crippen molar-refractivity contribution in [1.82, 2.24) is 24.5 Å². The summed E-state index contributed by atoms with van der Waals surface area (Å²) in [6.45, 7) is 6.68. The van der Waals surface area contributed by atoms with E-state index >= 15 is 0 Å². The summed E-state index contributed by atoms with van der Waals surface area (Å²) in [6.07, 6.45) is 3.12. The third-order valence-electron chi connectivity index (χ3n) is 6.34. The number of likely N-dealkylation sites (tertiary alicyclic amines) is 1. The lowest BCUT2D eigenvalue weighted by Gasteiger charge is -2.24. The van der Waals surface area contributed by atoms with Gasteiger partial charge in [-0.05, 0) is 50.1 Å². The van der Waals surface area contributed by atoms with Crippen molar-refractivity contribution in [2.45, 2.75) is 38.5 Å². The van der Waals surface area contributed by atoms with Crippen LogP contribution >= 0.6 is 0 Å². The molecule has 33 heavy (non-hydrogen) atoms. The van der Waals surface area contributed by atoms with Crippen LogP contribution in [0.25, 0.3) is 28.1 Å². The van der Waals surface area contributed by atoms with E-state index in [0.717, 1.165) is 53.3 Å². The van der Waals surface area contributed by atoms with Gasteiger partial charge in [-0.25, -0.2) is 4.98 Å². The van der Waals surface area contributed by atoms with Crippen LogP contribution in [0.5, 0.6) is 5.75 Å². The van der Waals surface area contributed by atoms with Crippen LogP contribution in [0.4, 0.5) is 0 Å². The second-order valence-electron chi connectivity index (χ2n) is 8.87. The van der Waals surface area contributed by atoms with Crippen molar-refractivity contribution in [3.63, 3.8) is 0 Å². The number of rotatable bonds is 7. The standard InChI is InChI=1S/C25H30N6O2/c1-16(15-32-3)33-21-7-4-18-5-8-22(27-23(18)12-21)25-29-28-24-9-6-19(13-31(24)25)17(2)30-11-10-20(26)14-30/h4-9,12-13,16-17,20H,10-11,14-15,26H2,1-3H3/t16-,17+,20+/m1/s1. The van der Waals surface area contributed by atoms with Crippen LogP contribution in [0.2, 0.25) is 0 Å². The number of nitrogens with zero attached hydrogens (tertiary/aromatic N) is 5. The van der Waals surface area contributed by atoms with Gasteiger partial charge in [0.2, 0.25) is 0 Å². The lowest BCUT2D eigenvalue weighted by molar-refractivity contribution is 0.0922. The zero-order valence-corrected chi connectivity index (χ0v) is 19.3. The summed E-state index contributed by atoms with van der Waals surface area (Å²) in [5, 5.41) is 9.85. The van der Waals surface area contributed by atoms with Crippen LogP contribution in [-0.4, -0.2) is 63.4 Å². The molecule has 0 radical (unpaired) electrons. The van der Waals surface area contributed by atoms with Gasteiger partial charge in [-0.3, -0.25) is 9.30 Å². The second kappa shape index (κ2) is 9.05. The third kappa shape index (κ3) is 4.42. The zero-order valence-electron chi connectivity index (χ0n) is 19.3. The molecule has 2 N–H and O–H groups in total. The molecule has 0 aliphatic carbocycles. The molecule has 5 rings (SSSR count). The predicted molar refractivity (Wildman–Crippen MR) is 128 cm³/mol. The Balaban J connectivity index is 1.48. The van der Waals surface area contributed by atoms with Crippen LogP contribution < -0.4 is 10.5 Å². The van der Waals surface area contributed by atoms with Crippen molar-refractivity contribution in [2.24, 2.45) is 5.73 Å². The van der Waals surface area contributed by atoms with Crippen LogP contribution in [0.3, 0.4) is 0 Å². The van der Waals surface area contributed by atoms with E-state index in [2.05, 4.69) is 40.4 Å². The number of fused-ring (bicyclic) bond motifs is 2. The molecule has 0 amide bonds. The van der Waals surface area contributed by atoms with Gasteiger partial charge in [-0.1, -0.05) is 12.1 Å². The molecule has 1 fully saturated rings. The molecule has 0 spiro atoms. The SMILES string of the molecule is COC[C@@H](C)Oc1ccc2ccc(-c3nnc4ccc([C@H](C)N5CC[C@H](N)C5)cn34)nc2c1. The van der Waals surface area contributed by atoms with Gasteiger partial charge >= 0.3 is 0 Å². The Hall–Kier alpha value is -3.07. The van der Waals surface area contributed by atoms with Crippen molar-refractivity contribution < 1.29 is 9.47 Å².